The van der Waals surface area contributed by atoms with Gasteiger partial charge in [-0.1, -0.05) is 37.3 Å². The number of benzene rings is 1. The molecule has 4 nitrogen and oxygen atoms in total. The van der Waals surface area contributed by atoms with E-state index in [0.29, 0.717) is 25.1 Å². The number of carbonyl (C=O) groups is 1. The molecule has 1 aromatic carbocycles. The molecule has 2 atom stereocenters. The molecule has 1 saturated heterocycles. The highest BCUT2D eigenvalue weighted by molar-refractivity contribution is 6.01. The Bertz CT molecular complexity index is 741. The highest BCUT2D eigenvalue weighted by Gasteiger charge is 2.37. The molecule has 126 valence electrons. The Hall–Kier alpha value is -2.20. The number of nitrogens with zero attached hydrogens (tertiary/aromatic N) is 2. The van der Waals surface area contributed by atoms with Gasteiger partial charge in [-0.05, 0) is 37.5 Å². The summed E-state index contributed by atoms with van der Waals surface area (Å²) in [6, 6.07) is 11.8. The van der Waals surface area contributed by atoms with Crippen molar-refractivity contribution in [3.8, 4) is 11.1 Å². The van der Waals surface area contributed by atoms with Gasteiger partial charge in [0.05, 0.1) is 16.9 Å². The number of likely N-dealkylation sites (tertiary alicyclic amines) is 1. The van der Waals surface area contributed by atoms with Gasteiger partial charge in [-0.15, -0.1) is 0 Å². The van der Waals surface area contributed by atoms with Crippen molar-refractivity contribution in [1.29, 1.82) is 0 Å². The fourth-order valence-electron chi connectivity index (χ4n) is 3.26. The Morgan fingerprint density at radius 3 is 2.67 bits per heavy atom. The molecule has 1 amide bonds. The van der Waals surface area contributed by atoms with Gasteiger partial charge in [-0.3, -0.25) is 9.78 Å². The van der Waals surface area contributed by atoms with E-state index in [1.165, 1.54) is 0 Å². The van der Waals surface area contributed by atoms with Crippen molar-refractivity contribution in [1.82, 2.24) is 9.88 Å². The van der Waals surface area contributed by atoms with Crippen LogP contribution in [0.2, 0.25) is 0 Å². The summed E-state index contributed by atoms with van der Waals surface area (Å²) in [6.07, 6.45) is 2.35. The molecule has 0 spiro atoms. The maximum atomic E-state index is 13.2. The van der Waals surface area contributed by atoms with E-state index in [1.54, 1.807) is 6.20 Å². The minimum absolute atomic E-state index is 0.00167. The number of pyridine rings is 1. The molecule has 0 bridgehead atoms. The molecule has 1 fully saturated rings. The lowest BCUT2D eigenvalue weighted by Crippen LogP contribution is -2.51. The van der Waals surface area contributed by atoms with Gasteiger partial charge in [0.1, 0.15) is 0 Å². The van der Waals surface area contributed by atoms with E-state index in [9.17, 15) is 9.90 Å². The van der Waals surface area contributed by atoms with Crippen LogP contribution in [0.15, 0.2) is 42.6 Å². The minimum atomic E-state index is -0.705. The lowest BCUT2D eigenvalue weighted by molar-refractivity contribution is -0.0439. The quantitative estimate of drug-likeness (QED) is 0.922. The van der Waals surface area contributed by atoms with Crippen molar-refractivity contribution in [2.24, 2.45) is 5.92 Å². The van der Waals surface area contributed by atoms with Gasteiger partial charge in [-0.25, -0.2) is 0 Å². The van der Waals surface area contributed by atoms with Crippen LogP contribution in [-0.2, 0) is 0 Å². The van der Waals surface area contributed by atoms with Crippen molar-refractivity contribution < 1.29 is 9.90 Å². The van der Waals surface area contributed by atoms with Gasteiger partial charge in [0.2, 0.25) is 0 Å². The number of rotatable bonds is 2. The van der Waals surface area contributed by atoms with Gasteiger partial charge in [0.15, 0.2) is 0 Å². The van der Waals surface area contributed by atoms with Crippen LogP contribution >= 0.6 is 0 Å². The summed E-state index contributed by atoms with van der Waals surface area (Å²) in [7, 11) is 0. The number of hydrogen-bond acceptors (Lipinski definition) is 3. The van der Waals surface area contributed by atoms with Crippen LogP contribution in [0.4, 0.5) is 0 Å². The summed E-state index contributed by atoms with van der Waals surface area (Å²) in [5, 5.41) is 10.3. The van der Waals surface area contributed by atoms with Crippen LogP contribution < -0.4 is 0 Å². The van der Waals surface area contributed by atoms with Crippen LogP contribution in [0.25, 0.3) is 11.1 Å². The fraction of sp³-hybridized carbons (Fsp3) is 0.400. The first kappa shape index (κ1) is 16.7. The average Bonchev–Trinajstić information content (AvgIpc) is 2.57. The van der Waals surface area contributed by atoms with Gasteiger partial charge < -0.3 is 10.0 Å². The first-order chi connectivity index (χ1) is 11.4. The Balaban J connectivity index is 1.96. The third-order valence-corrected chi connectivity index (χ3v) is 5.17. The van der Waals surface area contributed by atoms with Crippen molar-refractivity contribution in [2.75, 3.05) is 13.1 Å². The van der Waals surface area contributed by atoms with Crippen LogP contribution in [0.5, 0.6) is 0 Å². The smallest absolute Gasteiger partial charge is 0.256 e. The van der Waals surface area contributed by atoms with Crippen LogP contribution in [0.1, 0.15) is 36.3 Å². The zero-order valence-corrected chi connectivity index (χ0v) is 14.5. The second-order valence-electron chi connectivity index (χ2n) is 6.94. The summed E-state index contributed by atoms with van der Waals surface area (Å²) >= 11 is 0. The molecule has 1 aliphatic rings. The first-order valence-corrected chi connectivity index (χ1v) is 8.43. The average molecular weight is 324 g/mol. The monoisotopic (exact) mass is 324 g/mol. The number of aliphatic hydroxyl groups is 1. The van der Waals surface area contributed by atoms with Gasteiger partial charge in [0.25, 0.3) is 5.91 Å². The molecule has 24 heavy (non-hydrogen) atoms. The minimum Gasteiger partial charge on any atom is -0.390 e. The predicted molar refractivity (Wildman–Crippen MR) is 94.7 cm³/mol. The number of aromatic nitrogens is 1. The van der Waals surface area contributed by atoms with Crippen molar-refractivity contribution in [3.63, 3.8) is 0 Å². The standard InChI is InChI=1S/C20H24N2O2/c1-14-13-22(12-10-20(14,3)24)19(23)18-15(2)21-11-9-17(18)16-7-5-4-6-8-16/h4-9,11,14,24H,10,12-13H2,1-3H3/t14?,20-/m0/s1. The highest BCUT2D eigenvalue weighted by Crippen LogP contribution is 2.31. The lowest BCUT2D eigenvalue weighted by Gasteiger charge is -2.41. The third-order valence-electron chi connectivity index (χ3n) is 5.17. The van der Waals surface area contributed by atoms with Crippen LogP contribution in [0, 0.1) is 12.8 Å². The molecule has 1 N–H and O–H groups in total. The number of piperidine rings is 1. The molecular formula is C20H24N2O2. The Morgan fingerprint density at radius 2 is 2.00 bits per heavy atom. The number of amides is 1. The zero-order valence-electron chi connectivity index (χ0n) is 14.5. The highest BCUT2D eigenvalue weighted by atomic mass is 16.3. The van der Waals surface area contributed by atoms with E-state index in [-0.39, 0.29) is 11.8 Å². The molecule has 0 aliphatic carbocycles. The molecular weight excluding hydrogens is 300 g/mol. The van der Waals surface area contributed by atoms with E-state index in [1.807, 2.05) is 62.1 Å². The topological polar surface area (TPSA) is 53.4 Å². The molecule has 1 aliphatic heterocycles. The fourth-order valence-corrected chi connectivity index (χ4v) is 3.26. The largest absolute Gasteiger partial charge is 0.390 e. The second kappa shape index (κ2) is 6.36. The lowest BCUT2D eigenvalue weighted by atomic mass is 9.83. The van der Waals surface area contributed by atoms with Crippen molar-refractivity contribution in [2.45, 2.75) is 32.8 Å². The first-order valence-electron chi connectivity index (χ1n) is 8.43. The second-order valence-corrected chi connectivity index (χ2v) is 6.94. The van der Waals surface area contributed by atoms with E-state index in [0.717, 1.165) is 16.8 Å². The van der Waals surface area contributed by atoms with Crippen LogP contribution in [-0.4, -0.2) is 39.6 Å². The predicted octanol–water partition coefficient (Wildman–Crippen LogP) is 3.29. The number of aryl methyl sites for hydroxylation is 1. The Labute approximate surface area is 143 Å². The molecule has 3 rings (SSSR count). The molecule has 1 unspecified atom stereocenters. The van der Waals surface area contributed by atoms with E-state index >= 15 is 0 Å². The summed E-state index contributed by atoms with van der Waals surface area (Å²) < 4.78 is 0. The maximum absolute atomic E-state index is 13.2. The van der Waals surface area contributed by atoms with Gasteiger partial charge in [0, 0.05) is 25.2 Å². The Kier molecular flexibility index (Phi) is 4.41. The van der Waals surface area contributed by atoms with E-state index < -0.39 is 5.60 Å². The summed E-state index contributed by atoms with van der Waals surface area (Å²) in [5.74, 6) is 0.0501. The molecule has 0 saturated carbocycles. The molecule has 0 radical (unpaired) electrons. The third kappa shape index (κ3) is 3.06. The number of hydrogen-bond donors (Lipinski definition) is 1. The van der Waals surface area contributed by atoms with Gasteiger partial charge in [-0.2, -0.15) is 0 Å². The number of carbonyl (C=O) groups excluding carboxylic acids is 1. The molecule has 2 aromatic rings. The summed E-state index contributed by atoms with van der Waals surface area (Å²) in [5.41, 5.74) is 2.63. The normalized spacial score (nSPS) is 24.0. The molecule has 4 heteroatoms. The van der Waals surface area contributed by atoms with Gasteiger partial charge >= 0.3 is 0 Å². The Morgan fingerprint density at radius 1 is 1.29 bits per heavy atom. The molecule has 2 heterocycles. The van der Waals surface area contributed by atoms with Crippen molar-refractivity contribution >= 4 is 5.91 Å². The van der Waals surface area contributed by atoms with E-state index in [4.69, 9.17) is 0 Å². The van der Waals surface area contributed by atoms with E-state index in [2.05, 4.69) is 4.98 Å². The summed E-state index contributed by atoms with van der Waals surface area (Å²) in [6.45, 7) is 6.86. The zero-order chi connectivity index (χ0) is 17.3. The molecule has 1 aromatic heterocycles. The van der Waals surface area contributed by atoms with Crippen molar-refractivity contribution in [3.05, 3.63) is 53.9 Å². The van der Waals surface area contributed by atoms with Crippen LogP contribution in [0.3, 0.4) is 0 Å². The maximum Gasteiger partial charge on any atom is 0.256 e. The SMILES string of the molecule is Cc1nccc(-c2ccccc2)c1C(=O)N1CC[C@](C)(O)C(C)C1. The summed E-state index contributed by atoms with van der Waals surface area (Å²) in [4.78, 5) is 19.4.